The van der Waals surface area contributed by atoms with Gasteiger partial charge in [-0.15, -0.1) is 0 Å². The van der Waals surface area contributed by atoms with Crippen molar-refractivity contribution < 1.29 is 22.9 Å². The molecule has 0 spiro atoms. The first-order valence-electron chi connectivity index (χ1n) is 9.85. The highest BCUT2D eigenvalue weighted by atomic mass is 32.2. The molecule has 166 valence electrons. The summed E-state index contributed by atoms with van der Waals surface area (Å²) in [5.74, 6) is 0.243. The van der Waals surface area contributed by atoms with Gasteiger partial charge in [0.05, 0.1) is 28.7 Å². The zero-order chi connectivity index (χ0) is 22.8. The van der Waals surface area contributed by atoms with E-state index in [2.05, 4.69) is 5.32 Å². The molecule has 2 aromatic rings. The van der Waals surface area contributed by atoms with Crippen molar-refractivity contribution in [2.75, 3.05) is 25.5 Å². The lowest BCUT2D eigenvalue weighted by Gasteiger charge is -2.34. The van der Waals surface area contributed by atoms with Crippen LogP contribution in [0.25, 0.3) is 0 Å². The molecule has 1 saturated heterocycles. The molecule has 2 aromatic carbocycles. The van der Waals surface area contributed by atoms with Gasteiger partial charge in [0, 0.05) is 24.7 Å². The number of rotatable bonds is 6. The first-order chi connectivity index (χ1) is 14.6. The number of non-ortho nitro benzene ring substituents is 1. The van der Waals surface area contributed by atoms with Crippen molar-refractivity contribution >= 4 is 27.3 Å². The molecule has 1 aliphatic rings. The second-order valence-corrected chi connectivity index (χ2v) is 9.83. The van der Waals surface area contributed by atoms with Gasteiger partial charge >= 0.3 is 0 Å². The number of sulfonamides is 1. The Kier molecular flexibility index (Phi) is 6.61. The summed E-state index contributed by atoms with van der Waals surface area (Å²) in [6.07, 6.45) is 0.997. The lowest BCUT2D eigenvalue weighted by molar-refractivity contribution is -0.384. The van der Waals surface area contributed by atoms with Crippen LogP contribution in [-0.4, -0.2) is 43.8 Å². The molecule has 31 heavy (non-hydrogen) atoms. The van der Waals surface area contributed by atoms with Gasteiger partial charge in [-0.05, 0) is 48.6 Å². The highest BCUT2D eigenvalue weighted by Gasteiger charge is 2.31. The van der Waals surface area contributed by atoms with E-state index < -0.39 is 20.9 Å². The quantitative estimate of drug-likeness (QED) is 0.535. The molecule has 9 nitrogen and oxygen atoms in total. The number of carbonyl (C=O) groups is 1. The maximum atomic E-state index is 13.0. The third-order valence-corrected chi connectivity index (χ3v) is 7.08. The molecule has 2 atom stereocenters. The fourth-order valence-electron chi connectivity index (χ4n) is 3.82. The van der Waals surface area contributed by atoms with E-state index >= 15 is 0 Å². The molecular formula is C21H25N3O6S. The lowest BCUT2D eigenvalue weighted by atomic mass is 9.94. The number of amides is 1. The monoisotopic (exact) mass is 447 g/mol. The molecule has 1 N–H and O–H groups in total. The number of carbonyl (C=O) groups excluding carboxylic acids is 1. The van der Waals surface area contributed by atoms with Gasteiger partial charge in [-0.1, -0.05) is 13.8 Å². The summed E-state index contributed by atoms with van der Waals surface area (Å²) in [6, 6.07) is 9.57. The third kappa shape index (κ3) is 5.02. The van der Waals surface area contributed by atoms with Gasteiger partial charge in [-0.25, -0.2) is 8.42 Å². The number of benzene rings is 2. The second kappa shape index (κ2) is 9.03. The molecule has 1 aliphatic heterocycles. The number of nitro groups is 1. The number of hydrogen-bond acceptors (Lipinski definition) is 6. The molecule has 1 heterocycles. The zero-order valence-corrected chi connectivity index (χ0v) is 18.4. The Morgan fingerprint density at radius 3 is 2.29 bits per heavy atom. The van der Waals surface area contributed by atoms with Crippen molar-refractivity contribution in [3.05, 3.63) is 58.1 Å². The van der Waals surface area contributed by atoms with E-state index in [-0.39, 0.29) is 27.6 Å². The normalized spacial score (nSPS) is 19.6. The fraction of sp³-hybridized carbons (Fsp3) is 0.381. The van der Waals surface area contributed by atoms with Crippen LogP contribution in [0.4, 0.5) is 11.4 Å². The van der Waals surface area contributed by atoms with Crippen molar-refractivity contribution in [1.29, 1.82) is 0 Å². The van der Waals surface area contributed by atoms with Crippen LogP contribution in [0.5, 0.6) is 5.75 Å². The van der Waals surface area contributed by atoms with Crippen LogP contribution < -0.4 is 10.1 Å². The topological polar surface area (TPSA) is 119 Å². The van der Waals surface area contributed by atoms with Gasteiger partial charge in [0.1, 0.15) is 5.75 Å². The van der Waals surface area contributed by atoms with E-state index in [1.807, 2.05) is 13.8 Å². The molecule has 0 aromatic heterocycles. The smallest absolute Gasteiger partial charge is 0.273 e. The first-order valence-corrected chi connectivity index (χ1v) is 11.3. The Hall–Kier alpha value is -2.98. The lowest BCUT2D eigenvalue weighted by Crippen LogP contribution is -2.42. The average molecular weight is 448 g/mol. The first kappa shape index (κ1) is 22.7. The van der Waals surface area contributed by atoms with E-state index in [9.17, 15) is 23.3 Å². The molecule has 3 rings (SSSR count). The number of methoxy groups -OCH3 is 1. The molecule has 0 saturated carbocycles. The molecule has 1 amide bonds. The predicted molar refractivity (Wildman–Crippen MR) is 116 cm³/mol. The number of nitrogens with one attached hydrogen (secondary N) is 1. The Morgan fingerprint density at radius 2 is 1.74 bits per heavy atom. The van der Waals surface area contributed by atoms with Crippen molar-refractivity contribution in [1.82, 2.24) is 4.31 Å². The Labute approximate surface area is 181 Å². The Morgan fingerprint density at radius 1 is 1.13 bits per heavy atom. The van der Waals surface area contributed by atoms with Crippen LogP contribution in [0, 0.1) is 22.0 Å². The minimum absolute atomic E-state index is 0.137. The van der Waals surface area contributed by atoms with Gasteiger partial charge in [0.2, 0.25) is 10.0 Å². The van der Waals surface area contributed by atoms with E-state index in [1.54, 1.807) is 0 Å². The summed E-state index contributed by atoms with van der Waals surface area (Å²) < 4.78 is 32.6. The maximum Gasteiger partial charge on any atom is 0.273 e. The highest BCUT2D eigenvalue weighted by Crippen LogP contribution is 2.30. The van der Waals surface area contributed by atoms with Crippen LogP contribution in [0.3, 0.4) is 0 Å². The molecule has 0 radical (unpaired) electrons. The predicted octanol–water partition coefficient (Wildman–Crippen LogP) is 3.52. The summed E-state index contributed by atoms with van der Waals surface area (Å²) in [5.41, 5.74) is 0.358. The van der Waals surface area contributed by atoms with Crippen LogP contribution in [-0.2, 0) is 10.0 Å². The van der Waals surface area contributed by atoms with Crippen molar-refractivity contribution in [3.8, 4) is 5.75 Å². The van der Waals surface area contributed by atoms with Gasteiger partial charge in [0.15, 0.2) is 0 Å². The molecule has 0 bridgehead atoms. The standard InChI is InChI=1S/C21H25N3O6S/c1-14-10-15(2)13-23(12-14)31(28,29)18-7-4-16(5-8-18)21(25)22-19-9-6-17(24(26)27)11-20(19)30-3/h4-9,11,14-15H,10,12-13H2,1-3H3,(H,22,25)/t14-,15-/m1/s1. The van der Waals surface area contributed by atoms with E-state index in [4.69, 9.17) is 4.74 Å². The molecule has 1 fully saturated rings. The molecule has 10 heteroatoms. The number of nitrogens with zero attached hydrogens (tertiary/aromatic N) is 2. The van der Waals surface area contributed by atoms with Gasteiger partial charge in [0.25, 0.3) is 11.6 Å². The molecule has 0 unspecified atom stereocenters. The minimum atomic E-state index is -3.64. The highest BCUT2D eigenvalue weighted by molar-refractivity contribution is 7.89. The minimum Gasteiger partial charge on any atom is -0.494 e. The average Bonchev–Trinajstić information content (AvgIpc) is 2.73. The van der Waals surface area contributed by atoms with Gasteiger partial charge < -0.3 is 10.1 Å². The number of piperidine rings is 1. The maximum absolute atomic E-state index is 13.0. The van der Waals surface area contributed by atoms with Crippen LogP contribution >= 0.6 is 0 Å². The SMILES string of the molecule is COc1cc([N+](=O)[O-])ccc1NC(=O)c1ccc(S(=O)(=O)N2C[C@H](C)C[C@@H](C)C2)cc1. The Bertz CT molecular complexity index is 1070. The van der Waals surface area contributed by atoms with Crippen molar-refractivity contribution in [2.24, 2.45) is 11.8 Å². The number of anilines is 1. The van der Waals surface area contributed by atoms with Gasteiger partial charge in [-0.3, -0.25) is 14.9 Å². The van der Waals surface area contributed by atoms with Crippen molar-refractivity contribution in [3.63, 3.8) is 0 Å². The molecular weight excluding hydrogens is 422 g/mol. The summed E-state index contributed by atoms with van der Waals surface area (Å²) in [6.45, 7) is 5.04. The summed E-state index contributed by atoms with van der Waals surface area (Å²) in [5, 5.41) is 13.5. The Balaban J connectivity index is 1.77. The third-order valence-electron chi connectivity index (χ3n) is 5.23. The summed E-state index contributed by atoms with van der Waals surface area (Å²) >= 11 is 0. The van der Waals surface area contributed by atoms with Crippen LogP contribution in [0.1, 0.15) is 30.6 Å². The molecule has 0 aliphatic carbocycles. The van der Waals surface area contributed by atoms with E-state index in [0.29, 0.717) is 24.9 Å². The number of ether oxygens (including phenoxy) is 1. The largest absolute Gasteiger partial charge is 0.494 e. The number of hydrogen-bond donors (Lipinski definition) is 1. The number of nitro benzene ring substituents is 1. The van der Waals surface area contributed by atoms with E-state index in [1.165, 1.54) is 53.9 Å². The second-order valence-electron chi connectivity index (χ2n) is 7.89. The van der Waals surface area contributed by atoms with Gasteiger partial charge in [-0.2, -0.15) is 4.31 Å². The van der Waals surface area contributed by atoms with Crippen LogP contribution in [0.2, 0.25) is 0 Å². The zero-order valence-electron chi connectivity index (χ0n) is 17.6. The van der Waals surface area contributed by atoms with Crippen molar-refractivity contribution in [2.45, 2.75) is 25.2 Å². The van der Waals surface area contributed by atoms with Crippen LogP contribution in [0.15, 0.2) is 47.4 Å². The summed E-state index contributed by atoms with van der Waals surface area (Å²) in [4.78, 5) is 23.1. The summed E-state index contributed by atoms with van der Waals surface area (Å²) in [7, 11) is -2.29. The fourth-order valence-corrected chi connectivity index (χ4v) is 5.50. The van der Waals surface area contributed by atoms with E-state index in [0.717, 1.165) is 6.42 Å².